The summed E-state index contributed by atoms with van der Waals surface area (Å²) in [7, 11) is 0. The van der Waals surface area contributed by atoms with Gasteiger partial charge in [-0.05, 0) is 24.3 Å². The second-order valence-corrected chi connectivity index (χ2v) is 6.06. The van der Waals surface area contributed by atoms with Gasteiger partial charge in [0.25, 0.3) is 0 Å². The first-order valence-electron chi connectivity index (χ1n) is 6.94. The van der Waals surface area contributed by atoms with E-state index >= 15 is 0 Å². The number of pyridine rings is 1. The maximum atomic E-state index is 11.2. The standard InChI is InChI=1S/C14H14N4O3S/c15-5-3-10-2-1-9(8-21-10)17-13-12(18(19)20)7-16-11-4-6-22-14(11)13/h4,6-7,9-10H,1-3,8H2,(H,16,17)/t9-,10-/m0/s1. The summed E-state index contributed by atoms with van der Waals surface area (Å²) >= 11 is 1.43. The summed E-state index contributed by atoms with van der Waals surface area (Å²) in [5.74, 6) is 0. The third-order valence-corrected chi connectivity index (χ3v) is 4.61. The number of hydrogen-bond donors (Lipinski definition) is 1. The van der Waals surface area contributed by atoms with E-state index < -0.39 is 4.92 Å². The van der Waals surface area contributed by atoms with Crippen LogP contribution in [0.1, 0.15) is 19.3 Å². The lowest BCUT2D eigenvalue weighted by Gasteiger charge is -2.29. The van der Waals surface area contributed by atoms with Crippen LogP contribution in [0.15, 0.2) is 17.6 Å². The highest BCUT2D eigenvalue weighted by molar-refractivity contribution is 7.17. The van der Waals surface area contributed by atoms with Gasteiger partial charge in [0.15, 0.2) is 0 Å². The molecule has 0 radical (unpaired) electrons. The lowest BCUT2D eigenvalue weighted by atomic mass is 10.0. The molecule has 1 aliphatic heterocycles. The maximum Gasteiger partial charge on any atom is 0.311 e. The van der Waals surface area contributed by atoms with Gasteiger partial charge in [0.05, 0.1) is 40.3 Å². The molecule has 1 fully saturated rings. The van der Waals surface area contributed by atoms with Crippen molar-refractivity contribution in [3.05, 3.63) is 27.8 Å². The highest BCUT2D eigenvalue weighted by Gasteiger charge is 2.26. The van der Waals surface area contributed by atoms with Crippen molar-refractivity contribution in [2.24, 2.45) is 0 Å². The van der Waals surface area contributed by atoms with Crippen LogP contribution in [0.3, 0.4) is 0 Å². The van der Waals surface area contributed by atoms with Gasteiger partial charge in [0.1, 0.15) is 11.9 Å². The fraction of sp³-hybridized carbons (Fsp3) is 0.429. The number of thiophene rings is 1. The zero-order valence-corrected chi connectivity index (χ0v) is 12.5. The Hall–Kier alpha value is -2.24. The highest BCUT2D eigenvalue weighted by Crippen LogP contribution is 2.36. The van der Waals surface area contributed by atoms with Gasteiger partial charge >= 0.3 is 5.69 Å². The SMILES string of the molecule is N#CC[C@@H]1CC[C@H](Nc2c([N+](=O)[O-])cnc3ccsc23)CO1. The monoisotopic (exact) mass is 318 g/mol. The van der Waals surface area contributed by atoms with Gasteiger partial charge in [-0.15, -0.1) is 11.3 Å². The topological polar surface area (TPSA) is 101 Å². The lowest BCUT2D eigenvalue weighted by molar-refractivity contribution is -0.384. The lowest BCUT2D eigenvalue weighted by Crippen LogP contribution is -2.34. The molecule has 0 bridgehead atoms. The maximum absolute atomic E-state index is 11.2. The van der Waals surface area contributed by atoms with Gasteiger partial charge in [-0.3, -0.25) is 10.1 Å². The predicted octanol–water partition coefficient (Wildman–Crippen LogP) is 3.08. The molecule has 0 saturated carbocycles. The third-order valence-electron chi connectivity index (χ3n) is 3.69. The third kappa shape index (κ3) is 2.86. The summed E-state index contributed by atoms with van der Waals surface area (Å²) in [5, 5.41) is 25.0. The number of aromatic nitrogens is 1. The molecule has 0 spiro atoms. The molecule has 8 heteroatoms. The van der Waals surface area contributed by atoms with Crippen LogP contribution in [0.25, 0.3) is 10.2 Å². The van der Waals surface area contributed by atoms with Gasteiger partial charge in [-0.1, -0.05) is 0 Å². The first kappa shape index (κ1) is 14.7. The quantitative estimate of drug-likeness (QED) is 0.686. The number of ether oxygens (including phenoxy) is 1. The smallest absolute Gasteiger partial charge is 0.311 e. The molecule has 3 heterocycles. The number of nitro groups is 1. The first-order valence-corrected chi connectivity index (χ1v) is 7.82. The van der Waals surface area contributed by atoms with Crippen LogP contribution in [0.5, 0.6) is 0 Å². The van der Waals surface area contributed by atoms with Crippen LogP contribution in [0, 0.1) is 21.4 Å². The summed E-state index contributed by atoms with van der Waals surface area (Å²) in [4.78, 5) is 14.9. The van der Waals surface area contributed by atoms with Gasteiger partial charge in [0, 0.05) is 6.04 Å². The molecule has 0 amide bonds. The number of nitriles is 1. The van der Waals surface area contributed by atoms with Gasteiger partial charge in [0.2, 0.25) is 0 Å². The molecule has 1 saturated heterocycles. The van der Waals surface area contributed by atoms with Crippen molar-refractivity contribution in [1.82, 2.24) is 4.98 Å². The molecule has 7 nitrogen and oxygen atoms in total. The minimum Gasteiger partial charge on any atom is -0.375 e. The van der Waals surface area contributed by atoms with Crippen LogP contribution < -0.4 is 5.32 Å². The summed E-state index contributed by atoms with van der Waals surface area (Å²) in [5.41, 5.74) is 1.24. The summed E-state index contributed by atoms with van der Waals surface area (Å²) in [6, 6.07) is 3.95. The van der Waals surface area contributed by atoms with Gasteiger partial charge < -0.3 is 10.1 Å². The second-order valence-electron chi connectivity index (χ2n) is 5.15. The molecular formula is C14H14N4O3S. The van der Waals surface area contributed by atoms with Crippen molar-refractivity contribution in [2.75, 3.05) is 11.9 Å². The van der Waals surface area contributed by atoms with Crippen molar-refractivity contribution in [1.29, 1.82) is 5.26 Å². The van der Waals surface area contributed by atoms with E-state index in [-0.39, 0.29) is 17.8 Å². The van der Waals surface area contributed by atoms with Gasteiger partial charge in [-0.25, -0.2) is 4.98 Å². The Labute approximate surface area is 130 Å². The Balaban J connectivity index is 1.82. The highest BCUT2D eigenvalue weighted by atomic mass is 32.1. The van der Waals surface area contributed by atoms with E-state index in [9.17, 15) is 10.1 Å². The van der Waals surface area contributed by atoms with Crippen molar-refractivity contribution in [3.8, 4) is 6.07 Å². The largest absolute Gasteiger partial charge is 0.375 e. The molecule has 2 aromatic heterocycles. The van der Waals surface area contributed by atoms with Crippen molar-refractivity contribution in [3.63, 3.8) is 0 Å². The molecule has 3 rings (SSSR count). The Kier molecular flexibility index (Phi) is 4.18. The molecule has 114 valence electrons. The molecule has 2 aromatic rings. The van der Waals surface area contributed by atoms with Crippen molar-refractivity contribution >= 4 is 32.9 Å². The Morgan fingerprint density at radius 3 is 3.14 bits per heavy atom. The van der Waals surface area contributed by atoms with E-state index in [0.29, 0.717) is 18.7 Å². The Morgan fingerprint density at radius 1 is 1.59 bits per heavy atom. The van der Waals surface area contributed by atoms with E-state index in [1.807, 2.05) is 11.4 Å². The van der Waals surface area contributed by atoms with E-state index in [4.69, 9.17) is 10.00 Å². The van der Waals surface area contributed by atoms with E-state index in [0.717, 1.165) is 23.1 Å². The van der Waals surface area contributed by atoms with Crippen LogP contribution >= 0.6 is 11.3 Å². The van der Waals surface area contributed by atoms with Gasteiger partial charge in [-0.2, -0.15) is 5.26 Å². The zero-order chi connectivity index (χ0) is 15.5. The van der Waals surface area contributed by atoms with E-state index in [2.05, 4.69) is 16.4 Å². The van der Waals surface area contributed by atoms with Crippen molar-refractivity contribution in [2.45, 2.75) is 31.4 Å². The summed E-state index contributed by atoms with van der Waals surface area (Å²) < 4.78 is 6.42. The number of hydrogen-bond acceptors (Lipinski definition) is 7. The number of nitrogens with one attached hydrogen (secondary N) is 1. The Bertz CT molecular complexity index is 731. The predicted molar refractivity (Wildman–Crippen MR) is 82.9 cm³/mol. The average Bonchev–Trinajstić information content (AvgIpc) is 2.98. The van der Waals surface area contributed by atoms with Crippen molar-refractivity contribution < 1.29 is 9.66 Å². The molecule has 0 aliphatic carbocycles. The number of rotatable bonds is 4. The number of fused-ring (bicyclic) bond motifs is 1. The van der Waals surface area contributed by atoms with E-state index in [1.165, 1.54) is 17.5 Å². The summed E-state index contributed by atoms with van der Waals surface area (Å²) in [6.45, 7) is 0.443. The second kappa shape index (κ2) is 6.25. The molecule has 1 aliphatic rings. The average molecular weight is 318 g/mol. The number of nitrogens with zero attached hydrogens (tertiary/aromatic N) is 3. The number of anilines is 1. The molecule has 0 unspecified atom stereocenters. The van der Waals surface area contributed by atoms with E-state index in [1.54, 1.807) is 0 Å². The molecule has 2 atom stereocenters. The molecule has 0 aromatic carbocycles. The normalized spacial score (nSPS) is 21.4. The van der Waals surface area contributed by atoms with Crippen LogP contribution in [-0.2, 0) is 4.74 Å². The fourth-order valence-corrected chi connectivity index (χ4v) is 3.42. The van der Waals surface area contributed by atoms with Crippen LogP contribution in [-0.4, -0.2) is 28.7 Å². The molecular weight excluding hydrogens is 304 g/mol. The minimum absolute atomic E-state index is 0.00124. The molecule has 22 heavy (non-hydrogen) atoms. The van der Waals surface area contributed by atoms with Crippen LogP contribution in [0.4, 0.5) is 11.4 Å². The zero-order valence-electron chi connectivity index (χ0n) is 11.7. The van der Waals surface area contributed by atoms with Crippen LogP contribution in [0.2, 0.25) is 0 Å². The molecule has 1 N–H and O–H groups in total. The Morgan fingerprint density at radius 2 is 2.45 bits per heavy atom. The summed E-state index contributed by atoms with van der Waals surface area (Å²) in [6.07, 6.45) is 3.24. The fourth-order valence-electron chi connectivity index (χ4n) is 2.57. The minimum atomic E-state index is -0.420. The first-order chi connectivity index (χ1) is 10.7.